The summed E-state index contributed by atoms with van der Waals surface area (Å²) in [4.78, 5) is 9.94. The number of rotatable bonds is 5. The molecule has 0 bridgehead atoms. The highest BCUT2D eigenvalue weighted by Crippen LogP contribution is 2.33. The number of nitro groups is 1. The zero-order valence-corrected chi connectivity index (χ0v) is 14.0. The van der Waals surface area contributed by atoms with Crippen molar-refractivity contribution < 1.29 is 26.5 Å². The largest absolute Gasteiger partial charge is 0.416 e. The van der Waals surface area contributed by atoms with Crippen LogP contribution in [0.2, 0.25) is 0 Å². The molecule has 1 aliphatic rings. The second-order valence-electron chi connectivity index (χ2n) is 5.88. The molecule has 1 heterocycles. The molecule has 0 saturated carbocycles. The molecule has 0 amide bonds. The van der Waals surface area contributed by atoms with Gasteiger partial charge in [-0.25, -0.2) is 8.42 Å². The van der Waals surface area contributed by atoms with Crippen LogP contribution in [0.3, 0.4) is 0 Å². The molecule has 2 aromatic carbocycles. The maximum Gasteiger partial charge on any atom is 0.416 e. The molecule has 2 atom stereocenters. The number of halogens is 3. The van der Waals surface area contributed by atoms with Gasteiger partial charge in [-0.3, -0.25) is 10.1 Å². The lowest BCUT2D eigenvalue weighted by Crippen LogP contribution is -2.15. The minimum Gasteiger partial charge on any atom is -0.258 e. The van der Waals surface area contributed by atoms with Crippen molar-refractivity contribution >= 4 is 15.7 Å². The first-order valence-corrected chi connectivity index (χ1v) is 8.95. The number of sulfonamides is 1. The molecule has 0 aromatic heterocycles. The zero-order chi connectivity index (χ0) is 19.1. The summed E-state index contributed by atoms with van der Waals surface area (Å²) >= 11 is 0. The van der Waals surface area contributed by atoms with E-state index in [2.05, 4.69) is 0 Å². The Hall–Kier alpha value is -2.46. The minimum absolute atomic E-state index is 0.0574. The summed E-state index contributed by atoms with van der Waals surface area (Å²) in [6.07, 6.45) is -4.12. The molecule has 10 heteroatoms. The van der Waals surface area contributed by atoms with Gasteiger partial charge in [0.05, 0.1) is 15.4 Å². The Morgan fingerprint density at radius 1 is 1.08 bits per heavy atom. The summed E-state index contributed by atoms with van der Waals surface area (Å²) in [6.45, 7) is 0.250. The van der Waals surface area contributed by atoms with Gasteiger partial charge in [0, 0.05) is 24.7 Å². The molecule has 1 saturated heterocycles. The van der Waals surface area contributed by atoms with E-state index in [1.807, 2.05) is 0 Å². The highest BCUT2D eigenvalue weighted by molar-refractivity contribution is 7.89. The predicted molar refractivity (Wildman–Crippen MR) is 85.9 cm³/mol. The van der Waals surface area contributed by atoms with E-state index >= 15 is 0 Å². The van der Waals surface area contributed by atoms with Gasteiger partial charge in [-0.1, -0.05) is 12.1 Å². The maximum atomic E-state index is 12.5. The van der Waals surface area contributed by atoms with Gasteiger partial charge >= 0.3 is 6.18 Å². The second kappa shape index (κ2) is 6.36. The standard InChI is InChI=1S/C16H13F3N2O4S/c17-16(18,19)12-3-1-11(2-4-12)9-14-10-20(14)26(24,25)15-7-5-13(6-8-15)21(22)23/h1-8,14H,9-10H2/t14-,20?/m0/s1. The van der Waals surface area contributed by atoms with Crippen LogP contribution in [-0.2, 0) is 22.6 Å². The van der Waals surface area contributed by atoms with Crippen LogP contribution in [-0.4, -0.2) is 30.2 Å². The average Bonchev–Trinajstić information content (AvgIpc) is 3.34. The van der Waals surface area contributed by atoms with Crippen LogP contribution in [0.25, 0.3) is 0 Å². The van der Waals surface area contributed by atoms with E-state index in [-0.39, 0.29) is 23.2 Å². The van der Waals surface area contributed by atoms with Crippen LogP contribution >= 0.6 is 0 Å². The van der Waals surface area contributed by atoms with Gasteiger partial charge < -0.3 is 0 Å². The smallest absolute Gasteiger partial charge is 0.258 e. The highest BCUT2D eigenvalue weighted by Gasteiger charge is 2.44. The predicted octanol–water partition coefficient (Wildman–Crippen LogP) is 3.23. The van der Waals surface area contributed by atoms with E-state index in [9.17, 15) is 31.7 Å². The third-order valence-electron chi connectivity index (χ3n) is 4.07. The number of alkyl halides is 3. The summed E-state index contributed by atoms with van der Waals surface area (Å²) in [5, 5.41) is 10.6. The van der Waals surface area contributed by atoms with Crippen molar-refractivity contribution in [2.45, 2.75) is 23.5 Å². The van der Waals surface area contributed by atoms with Crippen LogP contribution in [0.1, 0.15) is 11.1 Å². The van der Waals surface area contributed by atoms with Gasteiger partial charge in [0.1, 0.15) is 0 Å². The molecular weight excluding hydrogens is 373 g/mol. The summed E-state index contributed by atoms with van der Waals surface area (Å²) in [7, 11) is -3.78. The molecule has 6 nitrogen and oxygen atoms in total. The lowest BCUT2D eigenvalue weighted by Gasteiger charge is -2.08. The van der Waals surface area contributed by atoms with Crippen molar-refractivity contribution in [3.05, 3.63) is 69.8 Å². The lowest BCUT2D eigenvalue weighted by atomic mass is 10.1. The fourth-order valence-corrected chi connectivity index (χ4v) is 4.18. The van der Waals surface area contributed by atoms with Crippen molar-refractivity contribution in [1.82, 2.24) is 4.31 Å². The van der Waals surface area contributed by atoms with Crippen LogP contribution < -0.4 is 0 Å². The number of nitrogens with zero attached hydrogens (tertiary/aromatic N) is 2. The van der Waals surface area contributed by atoms with Gasteiger partial charge in [-0.15, -0.1) is 0 Å². The quantitative estimate of drug-likeness (QED) is 0.449. The Kier molecular flexibility index (Phi) is 4.49. The van der Waals surface area contributed by atoms with E-state index in [0.29, 0.717) is 12.0 Å². The Labute approximate surface area is 147 Å². The first-order chi connectivity index (χ1) is 12.1. The van der Waals surface area contributed by atoms with Crippen molar-refractivity contribution in [2.75, 3.05) is 6.54 Å². The first-order valence-electron chi connectivity index (χ1n) is 7.51. The third-order valence-corrected chi connectivity index (χ3v) is 6.00. The Morgan fingerprint density at radius 2 is 1.65 bits per heavy atom. The summed E-state index contributed by atoms with van der Waals surface area (Å²) in [5.41, 5.74) is -0.368. The summed E-state index contributed by atoms with van der Waals surface area (Å²) in [5.74, 6) is 0. The van der Waals surface area contributed by atoms with Crippen LogP contribution in [0, 0.1) is 10.1 Å². The molecule has 3 rings (SSSR count). The first kappa shape index (κ1) is 18.3. The normalized spacial score (nSPS) is 20.0. The summed E-state index contributed by atoms with van der Waals surface area (Å²) < 4.78 is 63.8. The number of hydrogen-bond donors (Lipinski definition) is 0. The molecule has 0 radical (unpaired) electrons. The van der Waals surface area contributed by atoms with E-state index in [0.717, 1.165) is 24.3 Å². The van der Waals surface area contributed by atoms with Gasteiger partial charge in [0.15, 0.2) is 0 Å². The topological polar surface area (TPSA) is 80.3 Å². The highest BCUT2D eigenvalue weighted by atomic mass is 32.2. The minimum atomic E-state index is -4.41. The summed E-state index contributed by atoms with van der Waals surface area (Å²) in [6, 6.07) is 8.81. The molecule has 0 N–H and O–H groups in total. The van der Waals surface area contributed by atoms with Crippen molar-refractivity contribution in [2.24, 2.45) is 0 Å². The maximum absolute atomic E-state index is 12.5. The second-order valence-corrected chi connectivity index (χ2v) is 7.77. The number of non-ortho nitro benzene ring substituents is 1. The Bertz CT molecular complexity index is 925. The zero-order valence-electron chi connectivity index (χ0n) is 13.2. The van der Waals surface area contributed by atoms with Gasteiger partial charge in [0.2, 0.25) is 10.0 Å². The fourth-order valence-electron chi connectivity index (χ4n) is 2.60. The van der Waals surface area contributed by atoms with E-state index in [4.69, 9.17) is 0 Å². The fraction of sp³-hybridized carbons (Fsp3) is 0.250. The third kappa shape index (κ3) is 3.70. The molecule has 0 aliphatic carbocycles. The molecular formula is C16H13F3N2O4S. The Morgan fingerprint density at radius 3 is 2.15 bits per heavy atom. The van der Waals surface area contributed by atoms with E-state index in [1.165, 1.54) is 28.6 Å². The molecule has 0 spiro atoms. The Balaban J connectivity index is 1.68. The van der Waals surface area contributed by atoms with E-state index < -0.39 is 26.7 Å². The van der Waals surface area contributed by atoms with Crippen LogP contribution in [0.5, 0.6) is 0 Å². The molecule has 138 valence electrons. The molecule has 26 heavy (non-hydrogen) atoms. The SMILES string of the molecule is O=[N+]([O-])c1ccc(S(=O)(=O)N2C[C@@H]2Cc2ccc(C(F)(F)F)cc2)cc1. The monoisotopic (exact) mass is 386 g/mol. The molecule has 1 fully saturated rings. The molecule has 1 unspecified atom stereocenters. The number of nitro benzene ring substituents is 1. The van der Waals surface area contributed by atoms with Gasteiger partial charge in [-0.05, 0) is 36.2 Å². The van der Waals surface area contributed by atoms with E-state index in [1.54, 1.807) is 0 Å². The van der Waals surface area contributed by atoms with Gasteiger partial charge in [-0.2, -0.15) is 17.5 Å². The number of hydrogen-bond acceptors (Lipinski definition) is 4. The van der Waals surface area contributed by atoms with Crippen molar-refractivity contribution in [3.8, 4) is 0 Å². The van der Waals surface area contributed by atoms with Crippen LogP contribution in [0.15, 0.2) is 53.4 Å². The average molecular weight is 386 g/mol. The van der Waals surface area contributed by atoms with Crippen molar-refractivity contribution in [1.29, 1.82) is 0 Å². The van der Waals surface area contributed by atoms with Crippen molar-refractivity contribution in [3.63, 3.8) is 0 Å². The van der Waals surface area contributed by atoms with Crippen LogP contribution in [0.4, 0.5) is 18.9 Å². The molecule has 1 aliphatic heterocycles. The lowest BCUT2D eigenvalue weighted by molar-refractivity contribution is -0.384. The molecule has 2 aromatic rings. The number of benzene rings is 2. The van der Waals surface area contributed by atoms with Gasteiger partial charge in [0.25, 0.3) is 5.69 Å².